The average Bonchev–Trinajstić information content (AvgIpc) is 3.48. The number of ether oxygens (including phenoxy) is 1. The number of hydrogen-bond acceptors (Lipinski definition) is 4. The van der Waals surface area contributed by atoms with Gasteiger partial charge in [-0.15, -0.1) is 0 Å². The molecule has 0 amide bonds. The number of oxazole rings is 1. The topological polar surface area (TPSA) is 77.5 Å². The fourth-order valence-corrected chi connectivity index (χ4v) is 3.74. The lowest BCUT2D eigenvalue weighted by molar-refractivity contribution is -0.140. The van der Waals surface area contributed by atoms with Gasteiger partial charge in [-0.25, -0.2) is 9.78 Å². The summed E-state index contributed by atoms with van der Waals surface area (Å²) < 4.78 is 13.1. The van der Waals surface area contributed by atoms with Crippen molar-refractivity contribution in [2.75, 3.05) is 7.11 Å². The molecule has 2 aromatic heterocycles. The number of hydrogen-bond donors (Lipinski definition) is 1. The fraction of sp³-hybridized carbons (Fsp3) is 0.185. The van der Waals surface area contributed by atoms with Crippen molar-refractivity contribution in [3.05, 3.63) is 102 Å². The van der Waals surface area contributed by atoms with Gasteiger partial charge in [0.2, 0.25) is 5.89 Å². The van der Waals surface area contributed by atoms with Crippen LogP contribution in [0.15, 0.2) is 83.6 Å². The van der Waals surface area contributed by atoms with E-state index in [9.17, 15) is 9.90 Å². The normalized spacial score (nSPS) is 12.2. The van der Waals surface area contributed by atoms with Crippen molar-refractivity contribution < 1.29 is 19.1 Å². The molecule has 1 N–H and O–H groups in total. The minimum absolute atomic E-state index is 0.366. The van der Waals surface area contributed by atoms with Gasteiger partial charge >= 0.3 is 5.97 Å². The summed E-state index contributed by atoms with van der Waals surface area (Å²) in [6.07, 6.45) is 8.54. The van der Waals surface area contributed by atoms with Gasteiger partial charge in [-0.05, 0) is 42.8 Å². The molecule has 0 fully saturated rings. The number of aliphatic carboxylic acids is 1. The summed E-state index contributed by atoms with van der Waals surface area (Å²) in [6, 6.07) is 18.6. The van der Waals surface area contributed by atoms with Gasteiger partial charge in [0.05, 0.1) is 12.8 Å². The van der Waals surface area contributed by atoms with Crippen molar-refractivity contribution in [3.63, 3.8) is 0 Å². The zero-order chi connectivity index (χ0) is 23.2. The molecule has 0 aliphatic heterocycles. The molecule has 2 heterocycles. The standard InChI is InChI=1S/C27H26N2O4/c1-19-23(28-26(33-19)22-9-4-3-5-10-22)12-8-11-21-14-13-20(18-25(21)32-2)17-24(27(30)31)29-15-6-7-16-29/h3-11,13-16,18,24H,12,17H2,1-2H3,(H,30,31). The highest BCUT2D eigenvalue weighted by atomic mass is 16.5. The van der Waals surface area contributed by atoms with Gasteiger partial charge < -0.3 is 18.8 Å². The van der Waals surface area contributed by atoms with Crippen LogP contribution in [-0.4, -0.2) is 27.7 Å². The second-order valence-electron chi connectivity index (χ2n) is 7.76. The van der Waals surface area contributed by atoms with E-state index < -0.39 is 12.0 Å². The summed E-state index contributed by atoms with van der Waals surface area (Å²) in [4.78, 5) is 16.4. The molecule has 2 aromatic carbocycles. The van der Waals surface area contributed by atoms with Gasteiger partial charge in [0.15, 0.2) is 0 Å². The average molecular weight is 443 g/mol. The Morgan fingerprint density at radius 3 is 2.61 bits per heavy atom. The third kappa shape index (κ3) is 5.23. The molecule has 0 radical (unpaired) electrons. The lowest BCUT2D eigenvalue weighted by Crippen LogP contribution is -2.20. The van der Waals surface area contributed by atoms with Crippen LogP contribution in [0.25, 0.3) is 17.5 Å². The number of methoxy groups -OCH3 is 1. The van der Waals surface area contributed by atoms with Crippen molar-refractivity contribution >= 4 is 12.0 Å². The summed E-state index contributed by atoms with van der Waals surface area (Å²) in [5, 5.41) is 9.63. The first-order chi connectivity index (χ1) is 16.0. The molecule has 6 nitrogen and oxygen atoms in total. The van der Waals surface area contributed by atoms with E-state index in [1.165, 1.54) is 0 Å². The SMILES string of the molecule is COc1cc(CC(C(=O)O)n2cccc2)ccc1C=CCc1nc(-c2ccccc2)oc1C. The minimum Gasteiger partial charge on any atom is -0.496 e. The van der Waals surface area contributed by atoms with Gasteiger partial charge in [-0.3, -0.25) is 0 Å². The quantitative estimate of drug-likeness (QED) is 0.366. The summed E-state index contributed by atoms with van der Waals surface area (Å²) in [5.41, 5.74) is 3.65. The Bertz CT molecular complexity index is 1240. The van der Waals surface area contributed by atoms with Crippen molar-refractivity contribution in [3.8, 4) is 17.2 Å². The summed E-state index contributed by atoms with van der Waals surface area (Å²) >= 11 is 0. The highest BCUT2D eigenvalue weighted by molar-refractivity contribution is 5.72. The Hall–Kier alpha value is -4.06. The van der Waals surface area contributed by atoms with Crippen LogP contribution >= 0.6 is 0 Å². The van der Waals surface area contributed by atoms with Gasteiger partial charge in [0.25, 0.3) is 0 Å². The molecule has 0 saturated heterocycles. The van der Waals surface area contributed by atoms with Crippen LogP contribution in [0, 0.1) is 6.92 Å². The Kier molecular flexibility index (Phi) is 6.74. The third-order valence-electron chi connectivity index (χ3n) is 5.52. The molecule has 0 spiro atoms. The molecule has 168 valence electrons. The Labute approximate surface area is 192 Å². The van der Waals surface area contributed by atoms with E-state index in [2.05, 4.69) is 4.98 Å². The van der Waals surface area contributed by atoms with Crippen LogP contribution < -0.4 is 4.74 Å². The van der Waals surface area contributed by atoms with Gasteiger partial charge in [0.1, 0.15) is 17.6 Å². The van der Waals surface area contributed by atoms with E-state index in [1.807, 2.05) is 79.7 Å². The minimum atomic E-state index is -0.869. The summed E-state index contributed by atoms with van der Waals surface area (Å²) in [6.45, 7) is 1.92. The lowest BCUT2D eigenvalue weighted by Gasteiger charge is -2.15. The molecular formula is C27H26N2O4. The highest BCUT2D eigenvalue weighted by Crippen LogP contribution is 2.26. The molecule has 0 aliphatic rings. The van der Waals surface area contributed by atoms with Gasteiger partial charge in [-0.1, -0.05) is 42.5 Å². The number of benzene rings is 2. The van der Waals surface area contributed by atoms with Crippen LogP contribution in [-0.2, 0) is 17.6 Å². The number of nitrogens with zero attached hydrogens (tertiary/aromatic N) is 2. The molecule has 33 heavy (non-hydrogen) atoms. The van der Waals surface area contributed by atoms with Crippen molar-refractivity contribution in [2.24, 2.45) is 0 Å². The molecule has 1 unspecified atom stereocenters. The smallest absolute Gasteiger partial charge is 0.327 e. The highest BCUT2D eigenvalue weighted by Gasteiger charge is 2.19. The largest absolute Gasteiger partial charge is 0.496 e. The predicted molar refractivity (Wildman–Crippen MR) is 127 cm³/mol. The van der Waals surface area contributed by atoms with Crippen LogP contribution in [0.3, 0.4) is 0 Å². The number of allylic oxidation sites excluding steroid dienone is 1. The van der Waals surface area contributed by atoms with E-state index in [0.717, 1.165) is 28.1 Å². The van der Waals surface area contributed by atoms with E-state index >= 15 is 0 Å². The second-order valence-corrected chi connectivity index (χ2v) is 7.76. The number of carboxylic acids is 1. The Balaban J connectivity index is 1.47. The van der Waals surface area contributed by atoms with Crippen molar-refractivity contribution in [2.45, 2.75) is 25.8 Å². The number of aromatic nitrogens is 2. The van der Waals surface area contributed by atoms with Crippen LogP contribution in [0.4, 0.5) is 0 Å². The molecule has 0 saturated carbocycles. The molecule has 4 rings (SSSR count). The number of aryl methyl sites for hydroxylation is 1. The summed E-state index contributed by atoms with van der Waals surface area (Å²) in [5.74, 6) is 1.24. The molecule has 1 atom stereocenters. The lowest BCUT2D eigenvalue weighted by atomic mass is 10.0. The van der Waals surface area contributed by atoms with Crippen LogP contribution in [0.5, 0.6) is 5.75 Å². The van der Waals surface area contributed by atoms with Gasteiger partial charge in [0, 0.05) is 36.4 Å². The first-order valence-electron chi connectivity index (χ1n) is 10.8. The molecule has 4 aromatic rings. The van der Waals surface area contributed by atoms with E-state index in [1.54, 1.807) is 24.1 Å². The molecule has 6 heteroatoms. The zero-order valence-corrected chi connectivity index (χ0v) is 18.6. The fourth-order valence-electron chi connectivity index (χ4n) is 3.74. The first-order valence-corrected chi connectivity index (χ1v) is 10.8. The maximum absolute atomic E-state index is 11.7. The Morgan fingerprint density at radius 2 is 1.91 bits per heavy atom. The number of carbonyl (C=O) groups is 1. The van der Waals surface area contributed by atoms with E-state index in [0.29, 0.717) is 24.5 Å². The zero-order valence-electron chi connectivity index (χ0n) is 18.6. The van der Waals surface area contributed by atoms with Gasteiger partial charge in [-0.2, -0.15) is 0 Å². The van der Waals surface area contributed by atoms with Crippen molar-refractivity contribution in [1.82, 2.24) is 9.55 Å². The predicted octanol–water partition coefficient (Wildman–Crippen LogP) is 5.58. The monoisotopic (exact) mass is 442 g/mol. The van der Waals surface area contributed by atoms with E-state index in [4.69, 9.17) is 9.15 Å². The summed E-state index contributed by atoms with van der Waals surface area (Å²) in [7, 11) is 1.62. The third-order valence-corrected chi connectivity index (χ3v) is 5.52. The number of carboxylic acid groups (broad SMARTS) is 1. The number of rotatable bonds is 9. The maximum atomic E-state index is 11.7. The first kappa shape index (κ1) is 22.1. The maximum Gasteiger partial charge on any atom is 0.327 e. The Morgan fingerprint density at radius 1 is 1.15 bits per heavy atom. The molecule has 0 bridgehead atoms. The van der Waals surface area contributed by atoms with Crippen LogP contribution in [0.2, 0.25) is 0 Å². The van der Waals surface area contributed by atoms with Crippen molar-refractivity contribution in [1.29, 1.82) is 0 Å². The molecular weight excluding hydrogens is 416 g/mol. The van der Waals surface area contributed by atoms with Crippen LogP contribution in [0.1, 0.15) is 28.6 Å². The second kappa shape index (κ2) is 10.0. The molecule has 0 aliphatic carbocycles. The van der Waals surface area contributed by atoms with E-state index in [-0.39, 0.29) is 0 Å².